The summed E-state index contributed by atoms with van der Waals surface area (Å²) in [5.74, 6) is 0. The Morgan fingerprint density at radius 3 is 1.42 bits per heavy atom. The van der Waals surface area contributed by atoms with Crippen LogP contribution in [0.1, 0.15) is 0 Å². The molecule has 0 radical (unpaired) electrons. The summed E-state index contributed by atoms with van der Waals surface area (Å²) in [4.78, 5) is 9.51. The van der Waals surface area contributed by atoms with E-state index in [0.29, 0.717) is 5.69 Å². The second-order valence-electron chi connectivity index (χ2n) is 12.9. The molecule has 0 aliphatic carbocycles. The highest BCUT2D eigenvalue weighted by Crippen LogP contribution is 2.45. The number of nitrogens with zero attached hydrogens (tertiary/aromatic N) is 2. The predicted molar refractivity (Wildman–Crippen MR) is 212 cm³/mol. The molecule has 230 valence electrons. The van der Waals surface area contributed by atoms with Crippen LogP contribution in [0.15, 0.2) is 170 Å². The van der Waals surface area contributed by atoms with Crippen molar-refractivity contribution in [3.05, 3.63) is 181 Å². The first-order chi connectivity index (χ1) is 24.8. The van der Waals surface area contributed by atoms with E-state index in [-0.39, 0.29) is 0 Å². The monoisotopic (exact) mass is 632 g/mol. The van der Waals surface area contributed by atoms with Gasteiger partial charge in [0.2, 0.25) is 0 Å². The van der Waals surface area contributed by atoms with Crippen LogP contribution in [-0.4, -0.2) is 4.98 Å². The molecule has 9 aromatic carbocycles. The lowest BCUT2D eigenvalue weighted by Gasteiger charge is -2.19. The Morgan fingerprint density at radius 1 is 0.340 bits per heavy atom. The molecule has 1 heterocycles. The summed E-state index contributed by atoms with van der Waals surface area (Å²) in [5, 5.41) is 12.9. The van der Waals surface area contributed by atoms with Gasteiger partial charge in [0.15, 0.2) is 5.69 Å². The third-order valence-electron chi connectivity index (χ3n) is 10.2. The van der Waals surface area contributed by atoms with E-state index in [1.807, 2.05) is 18.2 Å². The average molecular weight is 633 g/mol. The number of benzene rings is 9. The van der Waals surface area contributed by atoms with Crippen LogP contribution in [0.4, 0.5) is 5.69 Å². The third-order valence-corrected chi connectivity index (χ3v) is 10.2. The van der Waals surface area contributed by atoms with E-state index in [0.717, 1.165) is 55.2 Å². The van der Waals surface area contributed by atoms with Crippen molar-refractivity contribution in [2.24, 2.45) is 0 Å². The van der Waals surface area contributed by atoms with Crippen LogP contribution in [0.5, 0.6) is 0 Å². The summed E-state index contributed by atoms with van der Waals surface area (Å²) in [7, 11) is 0. The molecule has 0 aliphatic heterocycles. The van der Waals surface area contributed by atoms with Crippen molar-refractivity contribution in [2.75, 3.05) is 0 Å². The van der Waals surface area contributed by atoms with Crippen molar-refractivity contribution in [3.63, 3.8) is 0 Å². The Balaban J connectivity index is 1.41. The van der Waals surface area contributed by atoms with Crippen molar-refractivity contribution >= 4 is 70.5 Å². The molecule has 0 bridgehead atoms. The highest BCUT2D eigenvalue weighted by Gasteiger charge is 2.20. The molecule has 0 N–H and O–H groups in total. The molecule has 10 aromatic rings. The molecular weight excluding hydrogens is 605 g/mol. The molecule has 0 fully saturated rings. The molecule has 0 aliphatic rings. The molecule has 0 spiro atoms. The lowest BCUT2D eigenvalue weighted by Crippen LogP contribution is -1.95. The van der Waals surface area contributed by atoms with Crippen LogP contribution in [0, 0.1) is 6.57 Å². The van der Waals surface area contributed by atoms with Gasteiger partial charge in [0, 0.05) is 16.3 Å². The number of aromatic nitrogens is 1. The van der Waals surface area contributed by atoms with Crippen LogP contribution in [-0.2, 0) is 0 Å². The van der Waals surface area contributed by atoms with Gasteiger partial charge in [-0.3, -0.25) is 0 Å². The van der Waals surface area contributed by atoms with Gasteiger partial charge in [-0.25, -0.2) is 9.83 Å². The number of fused-ring (bicyclic) bond motifs is 9. The van der Waals surface area contributed by atoms with E-state index in [1.54, 1.807) is 0 Å². The summed E-state index contributed by atoms with van der Waals surface area (Å²) in [5.41, 5.74) is 7.89. The predicted octanol–water partition coefficient (Wildman–Crippen LogP) is 13.6. The van der Waals surface area contributed by atoms with Crippen molar-refractivity contribution in [2.45, 2.75) is 0 Å². The van der Waals surface area contributed by atoms with Gasteiger partial charge in [-0.2, -0.15) is 0 Å². The molecule has 1 aromatic heterocycles. The van der Waals surface area contributed by atoms with E-state index < -0.39 is 0 Å². The first-order valence-electron chi connectivity index (χ1n) is 16.9. The zero-order valence-electron chi connectivity index (χ0n) is 27.1. The number of pyridine rings is 1. The fourth-order valence-electron chi connectivity index (χ4n) is 7.98. The van der Waals surface area contributed by atoms with Gasteiger partial charge in [0.1, 0.15) is 0 Å². The normalized spacial score (nSPS) is 11.6. The third kappa shape index (κ3) is 4.24. The molecule has 0 amide bonds. The van der Waals surface area contributed by atoms with Crippen molar-refractivity contribution in [3.8, 4) is 33.5 Å². The summed E-state index contributed by atoms with van der Waals surface area (Å²) in [6.45, 7) is 8.01. The van der Waals surface area contributed by atoms with E-state index in [4.69, 9.17) is 11.6 Å². The molecule has 2 nitrogen and oxygen atoms in total. The quantitative estimate of drug-likeness (QED) is 0.140. The minimum atomic E-state index is 0.641. The van der Waals surface area contributed by atoms with Gasteiger partial charge in [0.05, 0.1) is 17.8 Å². The van der Waals surface area contributed by atoms with Gasteiger partial charge < -0.3 is 0 Å². The highest BCUT2D eigenvalue weighted by atomic mass is 14.7. The van der Waals surface area contributed by atoms with Gasteiger partial charge in [-0.1, -0.05) is 146 Å². The Bertz CT molecular complexity index is 3060. The molecule has 0 saturated carbocycles. The maximum absolute atomic E-state index is 8.01. The maximum atomic E-state index is 8.01. The molecule has 0 atom stereocenters. The molecule has 2 heteroatoms. The van der Waals surface area contributed by atoms with E-state index in [1.165, 1.54) is 43.1 Å². The average Bonchev–Trinajstić information content (AvgIpc) is 3.19. The summed E-state index contributed by atoms with van der Waals surface area (Å²) >= 11 is 0. The number of rotatable bonds is 3. The zero-order valence-corrected chi connectivity index (χ0v) is 27.1. The van der Waals surface area contributed by atoms with E-state index in [2.05, 4.69) is 157 Å². The summed E-state index contributed by atoms with van der Waals surface area (Å²) in [6, 6.07) is 60.4. The fourth-order valence-corrected chi connectivity index (χ4v) is 7.98. The first kappa shape index (κ1) is 28.2. The number of hydrogen-bond donors (Lipinski definition) is 0. The van der Waals surface area contributed by atoms with Crippen LogP contribution in [0.2, 0.25) is 0 Å². The van der Waals surface area contributed by atoms with Gasteiger partial charge in [-0.05, 0) is 95.0 Å². The Hall–Kier alpha value is -6.82. The molecule has 10 rings (SSSR count). The van der Waals surface area contributed by atoms with Crippen molar-refractivity contribution < 1.29 is 0 Å². The SMILES string of the molecule is [C-]#[N+]c1ccccc1-c1cc2c(-c3cc4ccccc4c4ccccc34)cc(-c3cc4ccccc4c4ccccc34)nc2c2ccccc12. The minimum absolute atomic E-state index is 0.641. The standard InChI is InChI=1S/C48H28N2/c1-49-46-25-13-12-23-39(46)42-28-45-43(41-26-30-14-2-4-16-32(30)34-18-6-8-20-36(34)41)29-47(50-48(45)40-24-11-10-22-38(40)42)44-27-31-15-3-5-17-33(31)35-19-7-9-21-37(35)44/h2-29H. The largest absolute Gasteiger partial charge is 0.247 e. The van der Waals surface area contributed by atoms with Gasteiger partial charge >= 0.3 is 0 Å². The Kier molecular flexibility index (Phi) is 6.28. The van der Waals surface area contributed by atoms with Crippen LogP contribution < -0.4 is 0 Å². The molecule has 0 saturated heterocycles. The molecular formula is C48H28N2. The molecule has 50 heavy (non-hydrogen) atoms. The number of hydrogen-bond acceptors (Lipinski definition) is 1. The minimum Gasteiger partial charge on any atom is -0.247 e. The lowest BCUT2D eigenvalue weighted by atomic mass is 9.87. The van der Waals surface area contributed by atoms with E-state index in [9.17, 15) is 0 Å². The first-order valence-corrected chi connectivity index (χ1v) is 16.9. The second-order valence-corrected chi connectivity index (χ2v) is 12.9. The number of para-hydroxylation sites is 1. The maximum Gasteiger partial charge on any atom is 0.194 e. The summed E-state index contributed by atoms with van der Waals surface area (Å²) < 4.78 is 0. The highest BCUT2D eigenvalue weighted by molar-refractivity contribution is 6.22. The zero-order chi connectivity index (χ0) is 33.2. The van der Waals surface area contributed by atoms with Crippen molar-refractivity contribution in [1.82, 2.24) is 4.98 Å². The molecule has 0 unspecified atom stereocenters. The van der Waals surface area contributed by atoms with Crippen LogP contribution in [0.25, 0.3) is 103 Å². The van der Waals surface area contributed by atoms with Crippen LogP contribution >= 0.6 is 0 Å². The summed E-state index contributed by atoms with van der Waals surface area (Å²) in [6.07, 6.45) is 0. The topological polar surface area (TPSA) is 17.2 Å². The van der Waals surface area contributed by atoms with Crippen LogP contribution in [0.3, 0.4) is 0 Å². The van der Waals surface area contributed by atoms with Crippen molar-refractivity contribution in [1.29, 1.82) is 0 Å². The fraction of sp³-hybridized carbons (Fsp3) is 0. The second kappa shape index (κ2) is 11.1. The van der Waals surface area contributed by atoms with Gasteiger partial charge in [0.25, 0.3) is 0 Å². The van der Waals surface area contributed by atoms with E-state index >= 15 is 0 Å². The lowest BCUT2D eigenvalue weighted by molar-refractivity contribution is 1.42. The Morgan fingerprint density at radius 2 is 0.780 bits per heavy atom. The van der Waals surface area contributed by atoms with Gasteiger partial charge in [-0.15, -0.1) is 0 Å². The Labute approximate surface area is 289 Å². The smallest absolute Gasteiger partial charge is 0.194 e.